The molecule has 1 aromatic carbocycles. The second-order valence-electron chi connectivity index (χ2n) is 7.45. The lowest BCUT2D eigenvalue weighted by molar-refractivity contribution is 0.297. The maximum Gasteiger partial charge on any atom is 0.0136 e. The van der Waals surface area contributed by atoms with Gasteiger partial charge in [-0.3, -0.25) is 0 Å². The summed E-state index contributed by atoms with van der Waals surface area (Å²) < 4.78 is 0. The predicted molar refractivity (Wildman–Crippen MR) is 116 cm³/mol. The molecule has 0 fully saturated rings. The van der Waals surface area contributed by atoms with Crippen LogP contribution in [0, 0.1) is 0 Å². The molecule has 1 aromatic rings. The Kier molecular flexibility index (Phi) is 14.3. The lowest BCUT2D eigenvalue weighted by atomic mass is 9.69. The van der Waals surface area contributed by atoms with Crippen LogP contribution in [0.2, 0.25) is 0 Å². The average Bonchev–Trinajstić information content (AvgIpc) is 2.63. The minimum absolute atomic E-state index is 0. The normalized spacial score (nSPS) is 12.6. The van der Waals surface area contributed by atoms with Gasteiger partial charge in [-0.2, -0.15) is 0 Å². The zero-order valence-electron chi connectivity index (χ0n) is 16.9. The number of hydrogen-bond donors (Lipinski definition) is 1. The highest BCUT2D eigenvalue weighted by atomic mass is 35.5. The van der Waals surface area contributed by atoms with Gasteiger partial charge >= 0.3 is 0 Å². The van der Waals surface area contributed by atoms with Crippen LogP contribution in [-0.4, -0.2) is 6.04 Å². The predicted octanol–water partition coefficient (Wildman–Crippen LogP) is 7.41. The molecule has 0 aliphatic heterocycles. The third kappa shape index (κ3) is 8.13. The van der Waals surface area contributed by atoms with Crippen molar-refractivity contribution in [3.05, 3.63) is 35.9 Å². The molecule has 2 heteroatoms. The molecule has 146 valence electrons. The van der Waals surface area contributed by atoms with E-state index in [-0.39, 0.29) is 23.9 Å². The molecule has 1 nitrogen and oxygen atoms in total. The van der Waals surface area contributed by atoms with Crippen molar-refractivity contribution in [2.24, 2.45) is 5.73 Å². The molecule has 25 heavy (non-hydrogen) atoms. The third-order valence-corrected chi connectivity index (χ3v) is 5.94. The summed E-state index contributed by atoms with van der Waals surface area (Å²) in [5.74, 6) is 0. The number of unbranched alkanes of at least 4 members (excludes halogenated alkanes) is 8. The fraction of sp³-hybridized carbons (Fsp3) is 0.739. The summed E-state index contributed by atoms with van der Waals surface area (Å²) in [5, 5.41) is 0. The molecule has 0 amide bonds. The zero-order chi connectivity index (χ0) is 17.7. The van der Waals surface area contributed by atoms with E-state index in [1.165, 1.54) is 63.4 Å². The van der Waals surface area contributed by atoms with Crippen molar-refractivity contribution >= 4 is 12.4 Å². The number of hydrogen-bond acceptors (Lipinski definition) is 1. The molecule has 0 heterocycles. The van der Waals surface area contributed by atoms with Crippen molar-refractivity contribution in [2.75, 3.05) is 0 Å². The lowest BCUT2D eigenvalue weighted by Gasteiger charge is -2.38. The Hall–Kier alpha value is -0.530. The van der Waals surface area contributed by atoms with Crippen LogP contribution in [0.5, 0.6) is 0 Å². The summed E-state index contributed by atoms with van der Waals surface area (Å²) >= 11 is 0. The van der Waals surface area contributed by atoms with E-state index in [1.54, 1.807) is 0 Å². The Morgan fingerprint density at radius 1 is 0.760 bits per heavy atom. The molecule has 0 spiro atoms. The summed E-state index contributed by atoms with van der Waals surface area (Å²) in [7, 11) is 0. The van der Waals surface area contributed by atoms with Gasteiger partial charge in [0.2, 0.25) is 0 Å². The summed E-state index contributed by atoms with van der Waals surface area (Å²) in [6.45, 7) is 6.88. The molecule has 0 aromatic heterocycles. The summed E-state index contributed by atoms with van der Waals surface area (Å²) in [6.07, 6.45) is 15.9. The fourth-order valence-electron chi connectivity index (χ4n) is 4.12. The molecule has 2 N–H and O–H groups in total. The van der Waals surface area contributed by atoms with Crippen LogP contribution < -0.4 is 5.73 Å². The quantitative estimate of drug-likeness (QED) is 0.340. The van der Waals surface area contributed by atoms with Crippen molar-refractivity contribution in [1.29, 1.82) is 0 Å². The first-order chi connectivity index (χ1) is 11.7. The van der Waals surface area contributed by atoms with Crippen LogP contribution >= 0.6 is 12.4 Å². The minimum Gasteiger partial charge on any atom is -0.327 e. The second-order valence-corrected chi connectivity index (χ2v) is 7.45. The molecule has 0 radical (unpaired) electrons. The monoisotopic (exact) mass is 367 g/mol. The van der Waals surface area contributed by atoms with Gasteiger partial charge in [-0.1, -0.05) is 109 Å². The highest BCUT2D eigenvalue weighted by Gasteiger charge is 2.34. The van der Waals surface area contributed by atoms with Gasteiger partial charge in [0.15, 0.2) is 0 Å². The summed E-state index contributed by atoms with van der Waals surface area (Å²) in [5.41, 5.74) is 8.29. The van der Waals surface area contributed by atoms with E-state index in [1.807, 2.05) is 0 Å². The van der Waals surface area contributed by atoms with Crippen LogP contribution in [0.25, 0.3) is 0 Å². The van der Waals surface area contributed by atoms with E-state index < -0.39 is 0 Å². The van der Waals surface area contributed by atoms with Crippen LogP contribution in [-0.2, 0) is 5.41 Å². The molecule has 1 unspecified atom stereocenters. The van der Waals surface area contributed by atoms with Gasteiger partial charge in [-0.25, -0.2) is 0 Å². The van der Waals surface area contributed by atoms with Gasteiger partial charge in [0, 0.05) is 11.5 Å². The highest BCUT2D eigenvalue weighted by Crippen LogP contribution is 2.36. The van der Waals surface area contributed by atoms with E-state index in [2.05, 4.69) is 51.1 Å². The van der Waals surface area contributed by atoms with E-state index in [0.29, 0.717) is 0 Å². The average molecular weight is 368 g/mol. The first-order valence-electron chi connectivity index (χ1n) is 10.5. The number of halogens is 1. The van der Waals surface area contributed by atoms with Crippen molar-refractivity contribution in [3.8, 4) is 0 Å². The van der Waals surface area contributed by atoms with Crippen LogP contribution in [0.1, 0.15) is 103 Å². The summed E-state index contributed by atoms with van der Waals surface area (Å²) in [4.78, 5) is 0. The molecular formula is C23H42ClN. The van der Waals surface area contributed by atoms with E-state index in [0.717, 1.165) is 19.3 Å². The molecule has 0 aliphatic carbocycles. The first-order valence-corrected chi connectivity index (χ1v) is 10.5. The lowest BCUT2D eigenvalue weighted by Crippen LogP contribution is -2.44. The second kappa shape index (κ2) is 14.6. The maximum atomic E-state index is 6.70. The Balaban J connectivity index is 0.00000576. The topological polar surface area (TPSA) is 26.0 Å². The fourth-order valence-corrected chi connectivity index (χ4v) is 4.12. The van der Waals surface area contributed by atoms with Crippen molar-refractivity contribution in [3.63, 3.8) is 0 Å². The van der Waals surface area contributed by atoms with Crippen molar-refractivity contribution in [1.82, 2.24) is 0 Å². The van der Waals surface area contributed by atoms with Gasteiger partial charge in [-0.15, -0.1) is 12.4 Å². The summed E-state index contributed by atoms with van der Waals surface area (Å²) in [6, 6.07) is 11.2. The Bertz CT molecular complexity index is 400. The largest absolute Gasteiger partial charge is 0.327 e. The molecule has 1 atom stereocenters. The van der Waals surface area contributed by atoms with Gasteiger partial charge in [0.25, 0.3) is 0 Å². The SMILES string of the molecule is CCCCCCCCCCCC(N)C(CC)(CC)c1ccccc1.Cl. The Morgan fingerprint density at radius 2 is 1.24 bits per heavy atom. The highest BCUT2D eigenvalue weighted by molar-refractivity contribution is 5.85. The molecule has 1 rings (SSSR count). The van der Waals surface area contributed by atoms with Crippen LogP contribution in [0.3, 0.4) is 0 Å². The van der Waals surface area contributed by atoms with Gasteiger partial charge < -0.3 is 5.73 Å². The number of rotatable bonds is 14. The zero-order valence-corrected chi connectivity index (χ0v) is 17.8. The van der Waals surface area contributed by atoms with Crippen molar-refractivity contribution in [2.45, 2.75) is 109 Å². The van der Waals surface area contributed by atoms with Crippen LogP contribution in [0.4, 0.5) is 0 Å². The smallest absolute Gasteiger partial charge is 0.0136 e. The van der Waals surface area contributed by atoms with Gasteiger partial charge in [0.05, 0.1) is 0 Å². The van der Waals surface area contributed by atoms with Gasteiger partial charge in [-0.05, 0) is 24.8 Å². The standard InChI is InChI=1S/C23H41N.ClH/c1-4-7-8-9-10-11-12-13-17-20-22(24)23(5-2,6-3)21-18-15-14-16-19-21;/h14-16,18-19,22H,4-13,17,20,24H2,1-3H3;1H. The minimum atomic E-state index is 0. The van der Waals surface area contributed by atoms with E-state index in [9.17, 15) is 0 Å². The van der Waals surface area contributed by atoms with E-state index >= 15 is 0 Å². The van der Waals surface area contributed by atoms with E-state index in [4.69, 9.17) is 5.73 Å². The number of nitrogens with two attached hydrogens (primary N) is 1. The van der Waals surface area contributed by atoms with Crippen LogP contribution in [0.15, 0.2) is 30.3 Å². The third-order valence-electron chi connectivity index (χ3n) is 5.94. The molecule has 0 saturated carbocycles. The van der Waals surface area contributed by atoms with Crippen molar-refractivity contribution < 1.29 is 0 Å². The molecule has 0 saturated heterocycles. The number of benzene rings is 1. The molecule has 0 bridgehead atoms. The Labute approximate surface area is 163 Å². The first kappa shape index (κ1) is 24.5. The molecular weight excluding hydrogens is 326 g/mol. The Morgan fingerprint density at radius 3 is 1.72 bits per heavy atom. The van der Waals surface area contributed by atoms with Gasteiger partial charge in [0.1, 0.15) is 0 Å². The molecule has 0 aliphatic rings. The maximum absolute atomic E-state index is 6.70.